The van der Waals surface area contributed by atoms with Gasteiger partial charge in [-0.05, 0) is 110 Å². The van der Waals surface area contributed by atoms with Crippen molar-refractivity contribution in [3.05, 3.63) is 70.3 Å². The number of hydrogen-bond donors (Lipinski definition) is 1. The molecule has 1 saturated carbocycles. The van der Waals surface area contributed by atoms with Crippen LogP contribution in [0.4, 0.5) is 5.69 Å². The number of aryl methyl sites for hydroxylation is 1. The second-order valence-electron chi connectivity index (χ2n) is 16.2. The molecule has 1 spiro atoms. The normalized spacial score (nSPS) is 27.5. The lowest BCUT2D eigenvalue weighted by Crippen LogP contribution is -2.52. The number of benzene rings is 2. The van der Waals surface area contributed by atoms with E-state index in [1.807, 2.05) is 12.1 Å². The fourth-order valence-electron chi connectivity index (χ4n) is 7.76. The fourth-order valence-corrected chi connectivity index (χ4v) is 10.3. The standard InChI is InChI=1S/C38H52ClN3O7SSi/c1-37(2,3)51(5,6)49-33-11-7-8-19-42(23-35(43)47-4)50(45,46)40-36(44)27-13-17-34-32(21-27)41(22-28-12-15-30(28)33)24-38(25-48-34)18-9-10-26-20-29(39)14-16-31(26)38/h7,11,13-14,16-17,20-21,28,30,33H,8-10,12,15,18-19,22-25H2,1-6H3,(H,40,44)/b11-7-/t28-,30+,33-,38-/m0/s1. The molecule has 1 fully saturated rings. The van der Waals surface area contributed by atoms with Crippen LogP contribution in [-0.4, -0.2) is 78.9 Å². The zero-order chi connectivity index (χ0) is 36.8. The third-order valence-corrected chi connectivity index (χ3v) is 18.0. The number of carbonyl (C=O) groups excluding carboxylic acids is 2. The maximum absolute atomic E-state index is 13.6. The Balaban J connectivity index is 1.43. The number of nitrogens with zero attached hydrogens (tertiary/aromatic N) is 2. The first kappa shape index (κ1) is 37.8. The predicted molar refractivity (Wildman–Crippen MR) is 202 cm³/mol. The van der Waals surface area contributed by atoms with E-state index in [0.717, 1.165) is 53.7 Å². The van der Waals surface area contributed by atoms with Crippen molar-refractivity contribution in [3.8, 4) is 5.75 Å². The van der Waals surface area contributed by atoms with Gasteiger partial charge in [-0.2, -0.15) is 12.7 Å². The summed E-state index contributed by atoms with van der Waals surface area (Å²) >= 11 is 6.46. The summed E-state index contributed by atoms with van der Waals surface area (Å²) in [6.45, 7) is 12.6. The maximum Gasteiger partial charge on any atom is 0.321 e. The molecule has 0 radical (unpaired) electrons. The lowest BCUT2D eigenvalue weighted by Gasteiger charge is -2.48. The third kappa shape index (κ3) is 7.90. The Morgan fingerprint density at radius 1 is 1.16 bits per heavy atom. The molecule has 2 bridgehead atoms. The molecule has 1 amide bonds. The van der Waals surface area contributed by atoms with Crippen LogP contribution in [0.5, 0.6) is 5.75 Å². The molecule has 278 valence electrons. The summed E-state index contributed by atoms with van der Waals surface area (Å²) in [6.07, 6.45) is 9.22. The van der Waals surface area contributed by atoms with Crippen LogP contribution in [-0.2, 0) is 36.0 Å². The highest BCUT2D eigenvalue weighted by Gasteiger charge is 2.47. The first-order valence-corrected chi connectivity index (χ1v) is 22.8. The van der Waals surface area contributed by atoms with Crippen LogP contribution in [0.25, 0.3) is 0 Å². The molecule has 0 saturated heterocycles. The highest BCUT2D eigenvalue weighted by molar-refractivity contribution is 7.87. The van der Waals surface area contributed by atoms with Crippen LogP contribution in [0.2, 0.25) is 23.2 Å². The lowest BCUT2D eigenvalue weighted by atomic mass is 9.68. The van der Waals surface area contributed by atoms with E-state index in [2.05, 4.69) is 61.7 Å². The number of nitrogens with one attached hydrogen (secondary N) is 1. The lowest BCUT2D eigenvalue weighted by molar-refractivity contribution is -0.140. The van der Waals surface area contributed by atoms with Crippen molar-refractivity contribution in [2.24, 2.45) is 11.8 Å². The molecule has 10 nitrogen and oxygen atoms in total. The quantitative estimate of drug-likeness (QED) is 0.210. The number of rotatable bonds is 4. The van der Waals surface area contributed by atoms with E-state index in [-0.39, 0.29) is 34.6 Å². The molecular formula is C38H52ClN3O7SSi. The summed E-state index contributed by atoms with van der Waals surface area (Å²) in [5.41, 5.74) is 3.15. The topological polar surface area (TPSA) is 114 Å². The summed E-state index contributed by atoms with van der Waals surface area (Å²) in [7, 11) is -5.39. The van der Waals surface area contributed by atoms with Gasteiger partial charge in [-0.25, -0.2) is 4.72 Å². The van der Waals surface area contributed by atoms with Gasteiger partial charge in [-0.15, -0.1) is 0 Å². The van der Waals surface area contributed by atoms with Gasteiger partial charge in [-0.3, -0.25) is 9.59 Å². The maximum atomic E-state index is 13.6. The number of anilines is 1. The monoisotopic (exact) mass is 757 g/mol. The van der Waals surface area contributed by atoms with Gasteiger partial charge in [0.2, 0.25) is 0 Å². The van der Waals surface area contributed by atoms with E-state index in [9.17, 15) is 18.0 Å². The highest BCUT2D eigenvalue weighted by atomic mass is 35.5. The van der Waals surface area contributed by atoms with Crippen molar-refractivity contribution < 1.29 is 31.9 Å². The van der Waals surface area contributed by atoms with Crippen molar-refractivity contribution >= 4 is 47.7 Å². The molecule has 51 heavy (non-hydrogen) atoms. The Labute approximate surface area is 309 Å². The van der Waals surface area contributed by atoms with Crippen LogP contribution in [0.1, 0.15) is 74.4 Å². The average molecular weight is 758 g/mol. The van der Waals surface area contributed by atoms with Gasteiger partial charge in [0, 0.05) is 35.6 Å². The van der Waals surface area contributed by atoms with Crippen LogP contribution >= 0.6 is 11.6 Å². The van der Waals surface area contributed by atoms with Crippen LogP contribution in [0.15, 0.2) is 48.6 Å². The number of carbonyl (C=O) groups is 2. The van der Waals surface area contributed by atoms with Crippen molar-refractivity contribution in [2.45, 2.75) is 88.9 Å². The molecule has 0 unspecified atom stereocenters. The minimum absolute atomic E-state index is 0.0000519. The Bertz CT molecular complexity index is 1800. The minimum Gasteiger partial charge on any atom is -0.490 e. The number of amides is 1. The molecule has 0 aromatic heterocycles. The molecule has 2 heterocycles. The first-order chi connectivity index (χ1) is 24.0. The van der Waals surface area contributed by atoms with Gasteiger partial charge in [0.05, 0.1) is 25.5 Å². The van der Waals surface area contributed by atoms with E-state index in [1.165, 1.54) is 18.2 Å². The summed E-state index contributed by atoms with van der Waals surface area (Å²) in [6, 6.07) is 11.3. The molecule has 13 heteroatoms. The van der Waals surface area contributed by atoms with Gasteiger partial charge in [0.15, 0.2) is 8.32 Å². The fraction of sp³-hybridized carbons (Fsp3) is 0.579. The number of methoxy groups -OCH3 is 1. The third-order valence-electron chi connectivity index (χ3n) is 11.9. The summed E-state index contributed by atoms with van der Waals surface area (Å²) in [5.74, 6) is -0.268. The zero-order valence-electron chi connectivity index (χ0n) is 30.7. The Kier molecular flexibility index (Phi) is 10.8. The smallest absolute Gasteiger partial charge is 0.321 e. The SMILES string of the molecule is COC(=O)CN1CC/C=C\[C@H](O[Si](C)(C)C(C)(C)C)[C@@H]2CC[C@H]2CN2C[C@@]3(CCCc4cc(Cl)ccc43)COc3ccc(cc32)C(=O)NS1(=O)=O. The largest absolute Gasteiger partial charge is 0.490 e. The van der Waals surface area contributed by atoms with E-state index in [1.54, 1.807) is 18.2 Å². The van der Waals surface area contributed by atoms with Gasteiger partial charge in [-0.1, -0.05) is 50.6 Å². The summed E-state index contributed by atoms with van der Waals surface area (Å²) < 4.78 is 48.9. The molecular weight excluding hydrogens is 706 g/mol. The number of fused-ring (bicyclic) bond motifs is 4. The second-order valence-corrected chi connectivity index (χ2v) is 23.1. The van der Waals surface area contributed by atoms with Gasteiger partial charge in [0.25, 0.3) is 5.91 Å². The Hall–Kier alpha value is -2.90. The molecule has 6 rings (SSSR count). The van der Waals surface area contributed by atoms with E-state index < -0.39 is 36.9 Å². The predicted octanol–water partition coefficient (Wildman–Crippen LogP) is 6.64. The van der Waals surface area contributed by atoms with Gasteiger partial charge < -0.3 is 18.8 Å². The minimum atomic E-state index is -4.41. The number of ether oxygens (including phenoxy) is 2. The molecule has 2 aromatic carbocycles. The molecule has 2 aliphatic heterocycles. The van der Waals surface area contributed by atoms with Gasteiger partial charge >= 0.3 is 16.2 Å². The van der Waals surface area contributed by atoms with Crippen LogP contribution < -0.4 is 14.4 Å². The van der Waals surface area contributed by atoms with Crippen LogP contribution in [0.3, 0.4) is 0 Å². The number of esters is 1. The summed E-state index contributed by atoms with van der Waals surface area (Å²) in [5, 5.41) is 0.725. The van der Waals surface area contributed by atoms with Crippen LogP contribution in [0, 0.1) is 11.8 Å². The number of hydrogen-bond acceptors (Lipinski definition) is 8. The van der Waals surface area contributed by atoms with Crippen molar-refractivity contribution in [1.82, 2.24) is 9.03 Å². The van der Waals surface area contributed by atoms with Crippen molar-refractivity contribution in [1.29, 1.82) is 0 Å². The van der Waals surface area contributed by atoms with E-state index in [4.69, 9.17) is 25.5 Å². The summed E-state index contributed by atoms with van der Waals surface area (Å²) in [4.78, 5) is 28.3. The molecule has 4 aliphatic rings. The zero-order valence-corrected chi connectivity index (χ0v) is 33.2. The van der Waals surface area contributed by atoms with Crippen molar-refractivity contribution in [3.63, 3.8) is 0 Å². The first-order valence-electron chi connectivity index (χ1n) is 18.1. The molecule has 1 N–H and O–H groups in total. The molecule has 4 atom stereocenters. The molecule has 2 aromatic rings. The van der Waals surface area contributed by atoms with Gasteiger partial charge in [0.1, 0.15) is 12.3 Å². The number of halogens is 1. The second kappa shape index (κ2) is 14.5. The highest BCUT2D eigenvalue weighted by Crippen LogP contribution is 2.48. The average Bonchev–Trinajstić information content (AvgIpc) is 3.19. The Morgan fingerprint density at radius 2 is 1.94 bits per heavy atom. The molecule has 2 aliphatic carbocycles. The van der Waals surface area contributed by atoms with E-state index >= 15 is 0 Å². The Morgan fingerprint density at radius 3 is 2.65 bits per heavy atom. The van der Waals surface area contributed by atoms with Crippen molar-refractivity contribution in [2.75, 3.05) is 44.8 Å². The van der Waals surface area contributed by atoms with E-state index in [0.29, 0.717) is 31.2 Å².